The minimum atomic E-state index is -3.11. The van der Waals surface area contributed by atoms with E-state index >= 15 is 0 Å². The van der Waals surface area contributed by atoms with Crippen LogP contribution < -0.4 is 21.2 Å². The molecule has 0 radical (unpaired) electrons. The third-order valence-corrected chi connectivity index (χ3v) is 10.7. The van der Waals surface area contributed by atoms with Gasteiger partial charge in [0.05, 0.1) is 0 Å². The van der Waals surface area contributed by atoms with E-state index in [0.29, 0.717) is 0 Å². The predicted molar refractivity (Wildman–Crippen MR) is 129 cm³/mol. The maximum absolute atomic E-state index is 14.3. The summed E-state index contributed by atoms with van der Waals surface area (Å²) in [5.41, 5.74) is 0. The molecule has 4 aromatic carbocycles. The molecule has 0 unspecified atom stereocenters. The molecule has 4 heteroatoms. The van der Waals surface area contributed by atoms with Crippen molar-refractivity contribution in [2.24, 2.45) is 0 Å². The molecule has 148 valence electrons. The van der Waals surface area contributed by atoms with E-state index in [1.807, 2.05) is 121 Å². The maximum atomic E-state index is 14.3. The van der Waals surface area contributed by atoms with Crippen LogP contribution in [0.2, 0.25) is 0 Å². The predicted octanol–water partition coefficient (Wildman–Crippen LogP) is 5.49. The summed E-state index contributed by atoms with van der Waals surface area (Å²) in [7, 11) is -6.23. The van der Waals surface area contributed by atoms with Crippen LogP contribution in [0.25, 0.3) is 0 Å². The van der Waals surface area contributed by atoms with Gasteiger partial charge in [0.2, 0.25) is 0 Å². The fourth-order valence-corrected chi connectivity index (χ4v) is 8.68. The van der Waals surface area contributed by atoms with Crippen molar-refractivity contribution in [3.05, 3.63) is 133 Å². The van der Waals surface area contributed by atoms with Gasteiger partial charge < -0.3 is 9.13 Å². The number of hydrogen-bond donors (Lipinski definition) is 0. The Labute approximate surface area is 177 Å². The summed E-state index contributed by atoms with van der Waals surface area (Å²) >= 11 is 0. The highest BCUT2D eigenvalue weighted by Gasteiger charge is 2.29. The third kappa shape index (κ3) is 4.03. The molecule has 30 heavy (non-hydrogen) atoms. The van der Waals surface area contributed by atoms with Gasteiger partial charge in [-0.25, -0.2) is 0 Å². The second kappa shape index (κ2) is 8.84. The Hall–Kier alpha value is -2.92. The normalized spacial score (nSPS) is 12.1. The van der Waals surface area contributed by atoms with Gasteiger partial charge in [0, 0.05) is 21.2 Å². The Morgan fingerprint density at radius 1 is 0.367 bits per heavy atom. The molecule has 0 aliphatic carbocycles. The van der Waals surface area contributed by atoms with Crippen LogP contribution >= 0.6 is 14.3 Å². The van der Waals surface area contributed by atoms with Gasteiger partial charge in [0.25, 0.3) is 0 Å². The first-order chi connectivity index (χ1) is 14.6. The smallest absolute Gasteiger partial charge is 0.164 e. The van der Waals surface area contributed by atoms with E-state index in [9.17, 15) is 9.13 Å². The van der Waals surface area contributed by atoms with Crippen molar-refractivity contribution in [1.82, 2.24) is 0 Å². The van der Waals surface area contributed by atoms with E-state index in [-0.39, 0.29) is 0 Å². The van der Waals surface area contributed by atoms with Gasteiger partial charge in [0.15, 0.2) is 14.3 Å². The summed E-state index contributed by atoms with van der Waals surface area (Å²) in [4.78, 5) is 0. The van der Waals surface area contributed by atoms with Crippen molar-refractivity contribution < 1.29 is 9.13 Å². The van der Waals surface area contributed by atoms with Crippen molar-refractivity contribution in [3.8, 4) is 0 Å². The van der Waals surface area contributed by atoms with Gasteiger partial charge in [0.1, 0.15) is 0 Å². The molecule has 0 atom stereocenters. The summed E-state index contributed by atoms with van der Waals surface area (Å²) in [5.74, 6) is 3.36. The largest absolute Gasteiger partial charge is 0.309 e. The summed E-state index contributed by atoms with van der Waals surface area (Å²) in [6, 6.07) is 37.6. The molecule has 4 aromatic rings. The molecule has 0 bridgehead atoms. The zero-order chi connectivity index (χ0) is 20.9. The number of hydrogen-bond acceptors (Lipinski definition) is 2. The van der Waals surface area contributed by atoms with E-state index in [0.717, 1.165) is 21.2 Å². The third-order valence-electron chi connectivity index (χ3n) is 5.05. The lowest BCUT2D eigenvalue weighted by atomic mass is 10.4. The first-order valence-electron chi connectivity index (χ1n) is 9.75. The number of rotatable bonds is 6. The second-order valence-electron chi connectivity index (χ2n) is 6.96. The highest BCUT2D eigenvalue weighted by molar-refractivity contribution is 7.84. The molecular formula is C26H22O2P2. The minimum Gasteiger partial charge on any atom is -0.309 e. The van der Waals surface area contributed by atoms with E-state index in [1.54, 1.807) is 11.6 Å². The molecule has 0 aromatic heterocycles. The molecule has 2 nitrogen and oxygen atoms in total. The molecular weight excluding hydrogens is 406 g/mol. The average molecular weight is 428 g/mol. The van der Waals surface area contributed by atoms with Gasteiger partial charge in [-0.1, -0.05) is 121 Å². The summed E-state index contributed by atoms with van der Waals surface area (Å²) in [5, 5.41) is 2.89. The summed E-state index contributed by atoms with van der Waals surface area (Å²) in [6.07, 6.45) is 0. The molecule has 0 aliphatic heterocycles. The second-order valence-corrected chi connectivity index (χ2v) is 12.3. The van der Waals surface area contributed by atoms with Crippen LogP contribution in [0.5, 0.6) is 0 Å². The average Bonchev–Trinajstić information content (AvgIpc) is 2.84. The van der Waals surface area contributed by atoms with E-state index in [1.165, 1.54) is 0 Å². The van der Waals surface area contributed by atoms with Crippen LogP contribution in [0.1, 0.15) is 0 Å². The maximum Gasteiger partial charge on any atom is 0.164 e. The van der Waals surface area contributed by atoms with Gasteiger partial charge in [-0.3, -0.25) is 0 Å². The van der Waals surface area contributed by atoms with Crippen molar-refractivity contribution in [2.45, 2.75) is 0 Å². The summed E-state index contributed by atoms with van der Waals surface area (Å²) < 4.78 is 28.6. The van der Waals surface area contributed by atoms with Crippen LogP contribution in [0.15, 0.2) is 133 Å². The lowest BCUT2D eigenvalue weighted by Crippen LogP contribution is -2.16. The van der Waals surface area contributed by atoms with Gasteiger partial charge in [-0.2, -0.15) is 0 Å². The summed E-state index contributed by atoms with van der Waals surface area (Å²) in [6.45, 7) is 0. The van der Waals surface area contributed by atoms with Crippen molar-refractivity contribution >= 4 is 35.5 Å². The molecule has 0 spiro atoms. The van der Waals surface area contributed by atoms with Gasteiger partial charge in [-0.15, -0.1) is 0 Å². The Morgan fingerprint density at radius 3 is 0.767 bits per heavy atom. The molecule has 4 rings (SSSR count). The standard InChI is InChI=1S/C26H22O2P2/c27-29(23-13-5-1-6-14-23,24-15-7-2-8-16-24)21-22-30(28,25-17-9-3-10-18-25)26-19-11-4-12-20-26/h1-22H/b22-21+. The monoisotopic (exact) mass is 428 g/mol. The van der Waals surface area contributed by atoms with Crippen LogP contribution in [0.4, 0.5) is 0 Å². The van der Waals surface area contributed by atoms with Crippen LogP contribution in [-0.2, 0) is 9.13 Å². The topological polar surface area (TPSA) is 34.1 Å². The zero-order valence-electron chi connectivity index (χ0n) is 16.4. The number of benzene rings is 4. The first kappa shape index (κ1) is 20.4. The molecule has 0 fully saturated rings. The van der Waals surface area contributed by atoms with Crippen molar-refractivity contribution in [1.29, 1.82) is 0 Å². The highest BCUT2D eigenvalue weighted by atomic mass is 31.2. The highest BCUT2D eigenvalue weighted by Crippen LogP contribution is 2.52. The van der Waals surface area contributed by atoms with Crippen LogP contribution in [0, 0.1) is 0 Å². The minimum absolute atomic E-state index is 0.722. The lowest BCUT2D eigenvalue weighted by Gasteiger charge is -2.19. The Bertz CT molecular complexity index is 1030. The van der Waals surface area contributed by atoms with E-state index in [2.05, 4.69) is 0 Å². The molecule has 0 saturated carbocycles. The Balaban J connectivity index is 1.90. The Kier molecular flexibility index (Phi) is 6.00. The van der Waals surface area contributed by atoms with Crippen molar-refractivity contribution in [2.75, 3.05) is 0 Å². The molecule has 0 N–H and O–H groups in total. The molecule has 0 aliphatic rings. The zero-order valence-corrected chi connectivity index (χ0v) is 18.2. The van der Waals surface area contributed by atoms with Gasteiger partial charge in [-0.05, 0) is 11.6 Å². The lowest BCUT2D eigenvalue weighted by molar-refractivity contribution is 0.590. The molecule has 0 heterocycles. The SMILES string of the molecule is O=P(/C=C/P(=O)(c1ccccc1)c1ccccc1)(c1ccccc1)c1ccccc1. The van der Waals surface area contributed by atoms with E-state index in [4.69, 9.17) is 0 Å². The fraction of sp³-hybridized carbons (Fsp3) is 0. The molecule has 0 amide bonds. The van der Waals surface area contributed by atoms with E-state index < -0.39 is 14.3 Å². The fourth-order valence-electron chi connectivity index (χ4n) is 3.43. The quantitative estimate of drug-likeness (QED) is 0.381. The van der Waals surface area contributed by atoms with Crippen molar-refractivity contribution in [3.63, 3.8) is 0 Å². The first-order valence-corrected chi connectivity index (χ1v) is 13.3. The van der Waals surface area contributed by atoms with Crippen LogP contribution in [0.3, 0.4) is 0 Å². The van der Waals surface area contributed by atoms with Gasteiger partial charge >= 0.3 is 0 Å². The Morgan fingerprint density at radius 2 is 0.567 bits per heavy atom. The van der Waals surface area contributed by atoms with Crippen LogP contribution in [-0.4, -0.2) is 0 Å². The molecule has 0 saturated heterocycles.